The van der Waals surface area contributed by atoms with Crippen molar-refractivity contribution in [1.29, 1.82) is 0 Å². The molecule has 0 saturated heterocycles. The summed E-state index contributed by atoms with van der Waals surface area (Å²) in [4.78, 5) is 12.5. The third kappa shape index (κ3) is 3.49. The van der Waals surface area contributed by atoms with Gasteiger partial charge in [0, 0.05) is 23.2 Å². The monoisotopic (exact) mass is 367 g/mol. The van der Waals surface area contributed by atoms with Crippen LogP contribution in [0.3, 0.4) is 0 Å². The molecular weight excluding hydrogens is 347 g/mol. The van der Waals surface area contributed by atoms with E-state index in [-0.39, 0.29) is 16.9 Å². The average Bonchev–Trinajstić information content (AvgIpc) is 2.82. The molecule has 1 aromatic heterocycles. The van der Waals surface area contributed by atoms with E-state index in [1.54, 1.807) is 6.92 Å². The maximum atomic E-state index is 12.8. The summed E-state index contributed by atoms with van der Waals surface area (Å²) in [6, 6.07) is 4.41. The number of rotatable bonds is 2. The van der Waals surface area contributed by atoms with Crippen LogP contribution in [0.4, 0.5) is 18.9 Å². The molecule has 3 rings (SSSR count). The van der Waals surface area contributed by atoms with Crippen LogP contribution in [0.25, 0.3) is 0 Å². The van der Waals surface area contributed by atoms with E-state index in [2.05, 4.69) is 5.32 Å². The van der Waals surface area contributed by atoms with Gasteiger partial charge in [-0.25, -0.2) is 0 Å². The summed E-state index contributed by atoms with van der Waals surface area (Å²) >= 11 is 0. The Morgan fingerprint density at radius 3 is 2.69 bits per heavy atom. The van der Waals surface area contributed by atoms with Crippen LogP contribution in [0, 0.1) is 12.3 Å². The molecule has 0 bridgehead atoms. The lowest BCUT2D eigenvalue weighted by molar-refractivity contribution is -0.137. The molecule has 1 amide bonds. The highest BCUT2D eigenvalue weighted by Gasteiger charge is 2.37. The summed E-state index contributed by atoms with van der Waals surface area (Å²) in [6.07, 6.45) is -4.09. The summed E-state index contributed by atoms with van der Waals surface area (Å²) in [5.41, 5.74) is 0.152. The number of anilines is 1. The normalized spacial score (nSPS) is 19.1. The zero-order chi connectivity index (χ0) is 19.3. The average molecular weight is 367 g/mol. The Morgan fingerprint density at radius 2 is 2.04 bits per heavy atom. The zero-order valence-corrected chi connectivity index (χ0v) is 14.7. The topological polar surface area (TPSA) is 62.5 Å². The van der Waals surface area contributed by atoms with Crippen molar-refractivity contribution < 1.29 is 27.5 Å². The van der Waals surface area contributed by atoms with Gasteiger partial charge in [-0.2, -0.15) is 13.2 Å². The summed E-state index contributed by atoms with van der Waals surface area (Å²) < 4.78 is 44.1. The van der Waals surface area contributed by atoms with Crippen LogP contribution in [0.15, 0.2) is 28.7 Å². The van der Waals surface area contributed by atoms with Crippen molar-refractivity contribution in [3.63, 3.8) is 0 Å². The Labute approximate surface area is 149 Å². The number of furan rings is 1. The van der Waals surface area contributed by atoms with Gasteiger partial charge in [-0.05, 0) is 37.0 Å². The molecule has 0 spiro atoms. The number of carbonyl (C=O) groups is 1. The largest absolute Gasteiger partial charge is 0.455 e. The van der Waals surface area contributed by atoms with Crippen molar-refractivity contribution in [1.82, 2.24) is 0 Å². The molecule has 1 aromatic carbocycles. The van der Waals surface area contributed by atoms with Crippen molar-refractivity contribution in [3.05, 3.63) is 52.5 Å². The molecule has 0 radical (unpaired) electrons. The number of amides is 1. The second-order valence-corrected chi connectivity index (χ2v) is 7.49. The fourth-order valence-electron chi connectivity index (χ4n) is 3.46. The molecule has 1 unspecified atom stereocenters. The maximum Gasteiger partial charge on any atom is 0.416 e. The minimum absolute atomic E-state index is 0.0177. The third-order valence-corrected chi connectivity index (χ3v) is 4.64. The number of fused-ring (bicyclic) bond motifs is 1. The predicted molar refractivity (Wildman–Crippen MR) is 89.9 cm³/mol. The SMILES string of the molecule is Cc1c(C(=O)Nc2cccc(C(F)(F)F)c2)oc2c1C(O)CC(C)(C)C2. The van der Waals surface area contributed by atoms with Crippen molar-refractivity contribution in [2.24, 2.45) is 5.41 Å². The van der Waals surface area contributed by atoms with E-state index in [1.807, 2.05) is 13.8 Å². The van der Waals surface area contributed by atoms with Gasteiger partial charge in [-0.3, -0.25) is 4.79 Å². The van der Waals surface area contributed by atoms with Crippen LogP contribution >= 0.6 is 0 Å². The minimum atomic E-state index is -4.49. The molecule has 1 aliphatic rings. The molecular formula is C19H20F3NO3. The summed E-state index contributed by atoms with van der Waals surface area (Å²) in [7, 11) is 0. The van der Waals surface area contributed by atoms with Crippen LogP contribution < -0.4 is 5.32 Å². The number of aliphatic hydroxyl groups is 1. The number of nitrogens with one attached hydrogen (secondary N) is 1. The molecule has 0 fully saturated rings. The van der Waals surface area contributed by atoms with Crippen LogP contribution in [0.2, 0.25) is 0 Å². The van der Waals surface area contributed by atoms with Gasteiger partial charge < -0.3 is 14.8 Å². The molecule has 0 aliphatic heterocycles. The molecule has 0 saturated carbocycles. The Kier molecular flexibility index (Phi) is 4.38. The van der Waals surface area contributed by atoms with E-state index in [0.29, 0.717) is 29.7 Å². The number of alkyl halides is 3. The van der Waals surface area contributed by atoms with E-state index in [1.165, 1.54) is 12.1 Å². The first-order valence-electron chi connectivity index (χ1n) is 8.27. The van der Waals surface area contributed by atoms with Gasteiger partial charge in [-0.1, -0.05) is 19.9 Å². The fourth-order valence-corrected chi connectivity index (χ4v) is 3.46. The number of halogens is 3. The van der Waals surface area contributed by atoms with Gasteiger partial charge >= 0.3 is 6.18 Å². The van der Waals surface area contributed by atoms with Gasteiger partial charge in [0.15, 0.2) is 5.76 Å². The highest BCUT2D eigenvalue weighted by molar-refractivity contribution is 6.03. The van der Waals surface area contributed by atoms with E-state index < -0.39 is 23.8 Å². The molecule has 140 valence electrons. The number of hydrogen-bond acceptors (Lipinski definition) is 3. The van der Waals surface area contributed by atoms with Crippen LogP contribution in [-0.4, -0.2) is 11.0 Å². The first kappa shape index (κ1) is 18.5. The smallest absolute Gasteiger partial charge is 0.416 e. The molecule has 7 heteroatoms. The molecule has 1 atom stereocenters. The zero-order valence-electron chi connectivity index (χ0n) is 14.7. The Bertz CT molecular complexity index is 852. The molecule has 2 aromatic rings. The Morgan fingerprint density at radius 1 is 1.35 bits per heavy atom. The second-order valence-electron chi connectivity index (χ2n) is 7.49. The molecule has 1 heterocycles. The molecule has 26 heavy (non-hydrogen) atoms. The fraction of sp³-hybridized carbons (Fsp3) is 0.421. The van der Waals surface area contributed by atoms with E-state index in [0.717, 1.165) is 12.1 Å². The van der Waals surface area contributed by atoms with Crippen molar-refractivity contribution in [3.8, 4) is 0 Å². The predicted octanol–water partition coefficient (Wildman–Crippen LogP) is 4.86. The number of aliphatic hydroxyl groups excluding tert-OH is 1. The van der Waals surface area contributed by atoms with Gasteiger partial charge in [0.05, 0.1) is 11.7 Å². The first-order chi connectivity index (χ1) is 12.0. The van der Waals surface area contributed by atoms with Crippen LogP contribution in [-0.2, 0) is 12.6 Å². The first-order valence-corrected chi connectivity index (χ1v) is 8.27. The Balaban J connectivity index is 1.88. The minimum Gasteiger partial charge on any atom is -0.455 e. The van der Waals surface area contributed by atoms with E-state index in [4.69, 9.17) is 4.42 Å². The molecule has 4 nitrogen and oxygen atoms in total. The van der Waals surface area contributed by atoms with Gasteiger partial charge in [0.1, 0.15) is 5.76 Å². The standard InChI is InChI=1S/C19H20F3NO3/c1-10-15-13(24)8-18(2,3)9-14(15)26-16(10)17(25)23-12-6-4-5-11(7-12)19(20,21)22/h4-7,13,24H,8-9H2,1-3H3,(H,23,25). The lowest BCUT2D eigenvalue weighted by Gasteiger charge is -2.31. The van der Waals surface area contributed by atoms with Crippen molar-refractivity contribution >= 4 is 11.6 Å². The van der Waals surface area contributed by atoms with Crippen LogP contribution in [0.1, 0.15) is 59.4 Å². The highest BCUT2D eigenvalue weighted by Crippen LogP contribution is 2.44. The molecule has 2 N–H and O–H groups in total. The van der Waals surface area contributed by atoms with Gasteiger partial charge in [0.2, 0.25) is 0 Å². The highest BCUT2D eigenvalue weighted by atomic mass is 19.4. The summed E-state index contributed by atoms with van der Waals surface area (Å²) in [5.74, 6) is -0.0640. The third-order valence-electron chi connectivity index (χ3n) is 4.64. The molecule has 1 aliphatic carbocycles. The lowest BCUT2D eigenvalue weighted by atomic mass is 9.75. The van der Waals surface area contributed by atoms with Crippen molar-refractivity contribution in [2.75, 3.05) is 5.32 Å². The Hall–Kier alpha value is -2.28. The maximum absolute atomic E-state index is 12.8. The van der Waals surface area contributed by atoms with Gasteiger partial charge in [-0.15, -0.1) is 0 Å². The van der Waals surface area contributed by atoms with Gasteiger partial charge in [0.25, 0.3) is 5.91 Å². The number of hydrogen-bond donors (Lipinski definition) is 2. The lowest BCUT2D eigenvalue weighted by Crippen LogP contribution is -2.24. The van der Waals surface area contributed by atoms with E-state index >= 15 is 0 Å². The summed E-state index contributed by atoms with van der Waals surface area (Å²) in [6.45, 7) is 5.67. The summed E-state index contributed by atoms with van der Waals surface area (Å²) in [5, 5.41) is 12.8. The number of carbonyl (C=O) groups excluding carboxylic acids is 1. The van der Waals surface area contributed by atoms with E-state index in [9.17, 15) is 23.1 Å². The number of benzene rings is 1. The quantitative estimate of drug-likeness (QED) is 0.796. The van der Waals surface area contributed by atoms with Crippen molar-refractivity contribution in [2.45, 2.75) is 45.9 Å². The second kappa shape index (κ2) is 6.16. The van der Waals surface area contributed by atoms with Crippen LogP contribution in [0.5, 0.6) is 0 Å².